The number of ether oxygens (including phenoxy) is 1. The molecule has 1 amide bonds. The molecular formula is C19H30N2O2. The summed E-state index contributed by atoms with van der Waals surface area (Å²) < 4.78 is 5.53. The van der Waals surface area contributed by atoms with Crippen LogP contribution in [0.25, 0.3) is 0 Å². The van der Waals surface area contributed by atoms with Gasteiger partial charge in [-0.2, -0.15) is 0 Å². The first kappa shape index (κ1) is 17.8. The van der Waals surface area contributed by atoms with Gasteiger partial charge in [-0.3, -0.25) is 4.79 Å². The molecule has 2 rings (SSSR count). The zero-order valence-electron chi connectivity index (χ0n) is 14.7. The first-order valence-corrected chi connectivity index (χ1v) is 8.68. The Morgan fingerprint density at radius 1 is 1.13 bits per heavy atom. The van der Waals surface area contributed by atoms with Crippen molar-refractivity contribution in [2.24, 2.45) is 0 Å². The van der Waals surface area contributed by atoms with Gasteiger partial charge in [-0.1, -0.05) is 31.4 Å². The Morgan fingerprint density at radius 2 is 1.78 bits per heavy atom. The number of carbonyl (C=O) groups excluding carboxylic acids is 1. The average molecular weight is 318 g/mol. The van der Waals surface area contributed by atoms with Crippen molar-refractivity contribution in [1.82, 2.24) is 10.6 Å². The van der Waals surface area contributed by atoms with Crippen molar-refractivity contribution in [1.29, 1.82) is 0 Å². The fourth-order valence-electron chi connectivity index (χ4n) is 2.88. The quantitative estimate of drug-likeness (QED) is 0.845. The molecule has 2 N–H and O–H groups in total. The molecule has 1 aromatic rings. The number of hydrogen-bond acceptors (Lipinski definition) is 3. The van der Waals surface area contributed by atoms with Crippen LogP contribution >= 0.6 is 0 Å². The number of benzene rings is 1. The topological polar surface area (TPSA) is 50.4 Å². The van der Waals surface area contributed by atoms with Crippen molar-refractivity contribution in [2.75, 3.05) is 6.61 Å². The van der Waals surface area contributed by atoms with E-state index in [0.717, 1.165) is 12.3 Å². The van der Waals surface area contributed by atoms with Crippen LogP contribution in [0.5, 0.6) is 5.75 Å². The molecule has 1 aliphatic carbocycles. The van der Waals surface area contributed by atoms with Crippen molar-refractivity contribution in [3.63, 3.8) is 0 Å². The van der Waals surface area contributed by atoms with Gasteiger partial charge in [0.1, 0.15) is 5.75 Å². The van der Waals surface area contributed by atoms with Crippen LogP contribution in [0.15, 0.2) is 24.3 Å². The molecule has 1 saturated carbocycles. The smallest absolute Gasteiger partial charge is 0.258 e. The van der Waals surface area contributed by atoms with Gasteiger partial charge in [-0.05, 0) is 51.3 Å². The van der Waals surface area contributed by atoms with Gasteiger partial charge in [-0.25, -0.2) is 0 Å². The van der Waals surface area contributed by atoms with E-state index in [0.29, 0.717) is 6.04 Å². The zero-order valence-corrected chi connectivity index (χ0v) is 14.7. The second-order valence-corrected chi connectivity index (χ2v) is 7.45. The predicted molar refractivity (Wildman–Crippen MR) is 93.5 cm³/mol. The zero-order chi connectivity index (χ0) is 16.7. The van der Waals surface area contributed by atoms with E-state index in [1.807, 2.05) is 32.9 Å². The molecule has 0 saturated heterocycles. The second kappa shape index (κ2) is 8.34. The Kier molecular flexibility index (Phi) is 6.46. The standard InChI is InChI=1S/C19H30N2O2/c1-19(2,3)21-18(22)14-23-17-11-9-15(10-12-17)13-20-16-7-5-4-6-8-16/h9-12,16,20H,4-8,13-14H2,1-3H3,(H,21,22). The number of carbonyl (C=O) groups is 1. The maximum Gasteiger partial charge on any atom is 0.258 e. The van der Waals surface area contributed by atoms with Crippen LogP contribution in [0.2, 0.25) is 0 Å². The molecule has 0 unspecified atom stereocenters. The minimum atomic E-state index is -0.227. The van der Waals surface area contributed by atoms with Crippen molar-refractivity contribution >= 4 is 5.91 Å². The van der Waals surface area contributed by atoms with Crippen LogP contribution in [-0.4, -0.2) is 24.1 Å². The molecule has 128 valence electrons. The van der Waals surface area contributed by atoms with Crippen LogP contribution in [0.1, 0.15) is 58.4 Å². The van der Waals surface area contributed by atoms with E-state index in [2.05, 4.69) is 22.8 Å². The molecule has 0 spiro atoms. The minimum Gasteiger partial charge on any atom is -0.484 e. The lowest BCUT2D eigenvalue weighted by atomic mass is 9.95. The fraction of sp³-hybridized carbons (Fsp3) is 0.632. The van der Waals surface area contributed by atoms with Gasteiger partial charge in [0.2, 0.25) is 0 Å². The highest BCUT2D eigenvalue weighted by atomic mass is 16.5. The normalized spacial score (nSPS) is 16.1. The molecule has 0 aromatic heterocycles. The summed E-state index contributed by atoms with van der Waals surface area (Å²) in [4.78, 5) is 11.7. The summed E-state index contributed by atoms with van der Waals surface area (Å²) >= 11 is 0. The molecule has 1 aliphatic rings. The van der Waals surface area contributed by atoms with E-state index in [-0.39, 0.29) is 18.1 Å². The van der Waals surface area contributed by atoms with Crippen molar-refractivity contribution in [3.05, 3.63) is 29.8 Å². The SMILES string of the molecule is CC(C)(C)NC(=O)COc1ccc(CNC2CCCCC2)cc1. The lowest BCUT2D eigenvalue weighted by molar-refractivity contribution is -0.124. The molecule has 1 aromatic carbocycles. The van der Waals surface area contributed by atoms with Gasteiger partial charge in [0.15, 0.2) is 6.61 Å². The Bertz CT molecular complexity index is 485. The van der Waals surface area contributed by atoms with E-state index >= 15 is 0 Å². The summed E-state index contributed by atoms with van der Waals surface area (Å²) in [5.74, 6) is 0.635. The Morgan fingerprint density at radius 3 is 2.39 bits per heavy atom. The van der Waals surface area contributed by atoms with Gasteiger partial charge in [0, 0.05) is 18.1 Å². The van der Waals surface area contributed by atoms with Crippen LogP contribution in [0.3, 0.4) is 0 Å². The summed E-state index contributed by atoms with van der Waals surface area (Å²) in [6, 6.07) is 8.66. The molecule has 0 atom stereocenters. The van der Waals surface area contributed by atoms with Crippen LogP contribution < -0.4 is 15.4 Å². The fourth-order valence-corrected chi connectivity index (χ4v) is 2.88. The Balaban J connectivity index is 1.72. The summed E-state index contributed by atoms with van der Waals surface area (Å²) in [7, 11) is 0. The Hall–Kier alpha value is -1.55. The van der Waals surface area contributed by atoms with Gasteiger partial charge >= 0.3 is 0 Å². The van der Waals surface area contributed by atoms with Gasteiger partial charge < -0.3 is 15.4 Å². The molecule has 0 heterocycles. The predicted octanol–water partition coefficient (Wildman–Crippen LogP) is 3.40. The highest BCUT2D eigenvalue weighted by Gasteiger charge is 2.14. The van der Waals surface area contributed by atoms with Crippen molar-refractivity contribution in [2.45, 2.75) is 71.0 Å². The summed E-state index contributed by atoms with van der Waals surface area (Å²) in [5.41, 5.74) is 1.02. The first-order valence-electron chi connectivity index (χ1n) is 8.68. The van der Waals surface area contributed by atoms with Gasteiger partial charge in [0.05, 0.1) is 0 Å². The van der Waals surface area contributed by atoms with Crippen molar-refractivity contribution < 1.29 is 9.53 Å². The molecule has 0 bridgehead atoms. The lowest BCUT2D eigenvalue weighted by Gasteiger charge is -2.23. The largest absolute Gasteiger partial charge is 0.484 e. The van der Waals surface area contributed by atoms with E-state index in [1.165, 1.54) is 37.7 Å². The van der Waals surface area contributed by atoms with Gasteiger partial charge in [0.25, 0.3) is 5.91 Å². The highest BCUT2D eigenvalue weighted by molar-refractivity contribution is 5.78. The first-order chi connectivity index (χ1) is 10.9. The molecule has 1 fully saturated rings. The number of nitrogens with one attached hydrogen (secondary N) is 2. The third-order valence-electron chi connectivity index (χ3n) is 4.01. The average Bonchev–Trinajstić information content (AvgIpc) is 2.51. The molecule has 23 heavy (non-hydrogen) atoms. The summed E-state index contributed by atoms with van der Waals surface area (Å²) in [5, 5.41) is 6.51. The molecular weight excluding hydrogens is 288 g/mol. The number of amides is 1. The van der Waals surface area contributed by atoms with Crippen LogP contribution in [-0.2, 0) is 11.3 Å². The maximum absolute atomic E-state index is 11.7. The number of hydrogen-bond donors (Lipinski definition) is 2. The molecule has 0 aliphatic heterocycles. The second-order valence-electron chi connectivity index (χ2n) is 7.45. The Labute approximate surface area is 140 Å². The summed E-state index contributed by atoms with van der Waals surface area (Å²) in [6.07, 6.45) is 6.67. The summed E-state index contributed by atoms with van der Waals surface area (Å²) in [6.45, 7) is 6.82. The maximum atomic E-state index is 11.7. The van der Waals surface area contributed by atoms with E-state index in [1.54, 1.807) is 0 Å². The monoisotopic (exact) mass is 318 g/mol. The minimum absolute atomic E-state index is 0.0525. The highest BCUT2D eigenvalue weighted by Crippen LogP contribution is 2.18. The number of rotatable bonds is 6. The van der Waals surface area contributed by atoms with Crippen molar-refractivity contribution in [3.8, 4) is 5.75 Å². The van der Waals surface area contributed by atoms with Gasteiger partial charge in [-0.15, -0.1) is 0 Å². The lowest BCUT2D eigenvalue weighted by Crippen LogP contribution is -2.43. The third kappa shape index (κ3) is 7.04. The molecule has 4 nitrogen and oxygen atoms in total. The van der Waals surface area contributed by atoms with Crippen LogP contribution in [0.4, 0.5) is 0 Å². The van der Waals surface area contributed by atoms with E-state index in [9.17, 15) is 4.79 Å². The third-order valence-corrected chi connectivity index (χ3v) is 4.01. The van der Waals surface area contributed by atoms with E-state index in [4.69, 9.17) is 4.74 Å². The van der Waals surface area contributed by atoms with Crippen LogP contribution in [0, 0.1) is 0 Å². The molecule has 4 heteroatoms. The van der Waals surface area contributed by atoms with E-state index < -0.39 is 0 Å². The molecule has 0 radical (unpaired) electrons.